The standard InChI is InChI=1S/C26H24ClN3O3/c1-16-2-3-18(12-23(16)27)11-20(29-15-28)6-4-17-5-8-22-19(10-17)14-30(26(22)33)24-9-7-21(31)13-25(24)32/h2-3,5,8,10,12,24H,4,6-7,9,11,13-14H2,1H3. The summed E-state index contributed by atoms with van der Waals surface area (Å²) in [6, 6.07) is 11.1. The zero-order valence-electron chi connectivity index (χ0n) is 18.4. The van der Waals surface area contributed by atoms with Gasteiger partial charge in [0.1, 0.15) is 5.78 Å². The van der Waals surface area contributed by atoms with E-state index in [4.69, 9.17) is 16.9 Å². The first-order valence-corrected chi connectivity index (χ1v) is 11.4. The fourth-order valence-electron chi connectivity index (χ4n) is 4.52. The molecule has 1 amide bonds. The molecule has 1 atom stereocenters. The van der Waals surface area contributed by atoms with Crippen molar-refractivity contribution in [2.24, 2.45) is 4.99 Å². The largest absolute Gasteiger partial charge is 0.324 e. The van der Waals surface area contributed by atoms with Crippen LogP contribution in [0, 0.1) is 18.4 Å². The minimum Gasteiger partial charge on any atom is -0.324 e. The van der Waals surface area contributed by atoms with Crippen LogP contribution in [0.15, 0.2) is 41.4 Å². The molecule has 1 heterocycles. The number of benzene rings is 2. The summed E-state index contributed by atoms with van der Waals surface area (Å²) < 4.78 is 0. The molecule has 33 heavy (non-hydrogen) atoms. The third kappa shape index (κ3) is 5.04. The molecule has 1 unspecified atom stereocenters. The van der Waals surface area contributed by atoms with E-state index in [2.05, 4.69) is 4.99 Å². The SMILES string of the molecule is Cc1ccc(CC(CCc2ccc3c(c2)CN(C2CCC(=O)CC2=O)C3=O)=NC#N)cc1Cl. The second kappa shape index (κ2) is 9.68. The van der Waals surface area contributed by atoms with Crippen molar-refractivity contribution in [3.05, 3.63) is 69.2 Å². The minimum absolute atomic E-state index is 0.0505. The molecule has 2 aromatic rings. The van der Waals surface area contributed by atoms with Gasteiger partial charge in [-0.3, -0.25) is 14.4 Å². The van der Waals surface area contributed by atoms with Gasteiger partial charge in [-0.15, -0.1) is 0 Å². The third-order valence-electron chi connectivity index (χ3n) is 6.37. The highest BCUT2D eigenvalue weighted by atomic mass is 35.5. The van der Waals surface area contributed by atoms with Crippen LogP contribution in [-0.2, 0) is 29.0 Å². The van der Waals surface area contributed by atoms with E-state index in [0.29, 0.717) is 49.2 Å². The van der Waals surface area contributed by atoms with Gasteiger partial charge < -0.3 is 4.90 Å². The average Bonchev–Trinajstić information content (AvgIpc) is 3.10. The Morgan fingerprint density at radius 3 is 2.70 bits per heavy atom. The molecule has 6 nitrogen and oxygen atoms in total. The summed E-state index contributed by atoms with van der Waals surface area (Å²) in [5.74, 6) is -0.362. The van der Waals surface area contributed by atoms with E-state index >= 15 is 0 Å². The molecule has 0 spiro atoms. The van der Waals surface area contributed by atoms with Crippen molar-refractivity contribution < 1.29 is 14.4 Å². The Morgan fingerprint density at radius 2 is 1.97 bits per heavy atom. The molecule has 168 valence electrons. The fraction of sp³-hybridized carbons (Fsp3) is 0.346. The number of nitrogens with zero attached hydrogens (tertiary/aromatic N) is 3. The van der Waals surface area contributed by atoms with E-state index in [0.717, 1.165) is 28.0 Å². The Morgan fingerprint density at radius 1 is 1.18 bits per heavy atom. The summed E-state index contributed by atoms with van der Waals surface area (Å²) in [7, 11) is 0. The van der Waals surface area contributed by atoms with Gasteiger partial charge in [-0.1, -0.05) is 35.9 Å². The number of aryl methyl sites for hydroxylation is 2. The third-order valence-corrected chi connectivity index (χ3v) is 6.78. The lowest BCUT2D eigenvalue weighted by Gasteiger charge is -2.29. The highest BCUT2D eigenvalue weighted by Crippen LogP contribution is 2.30. The van der Waals surface area contributed by atoms with Crippen LogP contribution in [0.1, 0.15) is 58.3 Å². The second-order valence-electron chi connectivity index (χ2n) is 8.70. The summed E-state index contributed by atoms with van der Waals surface area (Å²) >= 11 is 6.22. The number of nitriles is 1. The molecule has 0 radical (unpaired) electrons. The van der Waals surface area contributed by atoms with E-state index in [1.165, 1.54) is 0 Å². The van der Waals surface area contributed by atoms with Crippen LogP contribution in [0.5, 0.6) is 0 Å². The first kappa shape index (κ1) is 22.9. The van der Waals surface area contributed by atoms with Crippen LogP contribution in [0.4, 0.5) is 0 Å². The maximum Gasteiger partial charge on any atom is 0.255 e. The fourth-order valence-corrected chi connectivity index (χ4v) is 4.72. The van der Waals surface area contributed by atoms with Gasteiger partial charge in [0.2, 0.25) is 6.19 Å². The number of Topliss-reactive ketones (excluding diaryl/α,β-unsaturated/α-hetero) is 2. The number of carbonyl (C=O) groups excluding carboxylic acids is 3. The van der Waals surface area contributed by atoms with Gasteiger partial charge in [0.25, 0.3) is 5.91 Å². The van der Waals surface area contributed by atoms with E-state index in [-0.39, 0.29) is 23.9 Å². The Labute approximate surface area is 197 Å². The Bertz CT molecular complexity index is 1210. The molecule has 0 aromatic heterocycles. The number of halogens is 1. The average molecular weight is 462 g/mol. The number of aliphatic imine (C=N–C) groups is 1. The number of rotatable bonds is 6. The molecular weight excluding hydrogens is 438 g/mol. The first-order chi connectivity index (χ1) is 15.9. The van der Waals surface area contributed by atoms with E-state index in [1.807, 2.05) is 49.5 Å². The van der Waals surface area contributed by atoms with Gasteiger partial charge in [-0.2, -0.15) is 10.3 Å². The van der Waals surface area contributed by atoms with E-state index in [1.54, 1.807) is 4.90 Å². The Hall–Kier alpha value is -3.30. The normalized spacial score (nSPS) is 18.5. The van der Waals surface area contributed by atoms with Crippen molar-refractivity contribution in [3.63, 3.8) is 0 Å². The van der Waals surface area contributed by atoms with Crippen molar-refractivity contribution in [2.75, 3.05) is 0 Å². The molecule has 1 saturated carbocycles. The summed E-state index contributed by atoms with van der Waals surface area (Å²) in [5, 5.41) is 9.79. The summed E-state index contributed by atoms with van der Waals surface area (Å²) in [5.41, 5.74) is 5.33. The van der Waals surface area contributed by atoms with Crippen molar-refractivity contribution in [1.29, 1.82) is 5.26 Å². The highest BCUT2D eigenvalue weighted by Gasteiger charge is 2.38. The van der Waals surface area contributed by atoms with Gasteiger partial charge in [0.05, 0.1) is 12.5 Å². The molecule has 1 fully saturated rings. The van der Waals surface area contributed by atoms with Gasteiger partial charge in [-0.05, 0) is 60.6 Å². The van der Waals surface area contributed by atoms with Crippen molar-refractivity contribution >= 4 is 34.8 Å². The van der Waals surface area contributed by atoms with Gasteiger partial charge >= 0.3 is 0 Å². The monoisotopic (exact) mass is 461 g/mol. The zero-order valence-corrected chi connectivity index (χ0v) is 19.2. The number of carbonyl (C=O) groups is 3. The molecular formula is C26H24ClN3O3. The molecule has 0 N–H and O–H groups in total. The molecule has 1 aliphatic carbocycles. The maximum absolute atomic E-state index is 12.9. The second-order valence-corrected chi connectivity index (χ2v) is 9.11. The quantitative estimate of drug-likeness (QED) is 0.362. The highest BCUT2D eigenvalue weighted by molar-refractivity contribution is 6.31. The van der Waals surface area contributed by atoms with Gasteiger partial charge in [0, 0.05) is 35.7 Å². The van der Waals surface area contributed by atoms with Crippen molar-refractivity contribution in [3.8, 4) is 6.19 Å². The number of ketones is 2. The minimum atomic E-state index is -0.512. The maximum atomic E-state index is 12.9. The van der Waals surface area contributed by atoms with Gasteiger partial charge in [0.15, 0.2) is 5.78 Å². The molecule has 0 saturated heterocycles. The first-order valence-electron chi connectivity index (χ1n) is 11.0. The van der Waals surface area contributed by atoms with Crippen LogP contribution in [0.3, 0.4) is 0 Å². The van der Waals surface area contributed by atoms with E-state index in [9.17, 15) is 14.4 Å². The van der Waals surface area contributed by atoms with Crippen LogP contribution in [-0.4, -0.2) is 34.1 Å². The predicted octanol–water partition coefficient (Wildman–Crippen LogP) is 4.39. The number of hydrogen-bond donors (Lipinski definition) is 0. The summed E-state index contributed by atoms with van der Waals surface area (Å²) in [4.78, 5) is 42.3. The van der Waals surface area contributed by atoms with Crippen LogP contribution >= 0.6 is 11.6 Å². The molecule has 7 heteroatoms. The van der Waals surface area contributed by atoms with Crippen molar-refractivity contribution in [2.45, 2.75) is 58.0 Å². The smallest absolute Gasteiger partial charge is 0.255 e. The van der Waals surface area contributed by atoms with Crippen LogP contribution in [0.2, 0.25) is 5.02 Å². The number of hydrogen-bond acceptors (Lipinski definition) is 5. The number of fused-ring (bicyclic) bond motifs is 1. The molecule has 4 rings (SSSR count). The van der Waals surface area contributed by atoms with Crippen LogP contribution in [0.25, 0.3) is 0 Å². The lowest BCUT2D eigenvalue weighted by molar-refractivity contribution is -0.133. The zero-order chi connectivity index (χ0) is 23.5. The Kier molecular flexibility index (Phi) is 6.71. The van der Waals surface area contributed by atoms with Gasteiger partial charge in [-0.25, -0.2) is 0 Å². The molecule has 0 bridgehead atoms. The lowest BCUT2D eigenvalue weighted by atomic mass is 9.92. The van der Waals surface area contributed by atoms with E-state index < -0.39 is 6.04 Å². The lowest BCUT2D eigenvalue weighted by Crippen LogP contribution is -2.44. The Balaban J connectivity index is 1.43. The molecule has 2 aromatic carbocycles. The molecule has 1 aliphatic heterocycles. The summed E-state index contributed by atoms with van der Waals surface area (Å²) in [6.45, 7) is 2.33. The van der Waals surface area contributed by atoms with Crippen molar-refractivity contribution in [1.82, 2.24) is 4.90 Å². The topological polar surface area (TPSA) is 90.6 Å². The summed E-state index contributed by atoms with van der Waals surface area (Å²) in [6.07, 6.45) is 4.40. The van der Waals surface area contributed by atoms with Crippen LogP contribution < -0.4 is 0 Å². The number of amides is 1. The molecule has 2 aliphatic rings. The predicted molar refractivity (Wildman–Crippen MR) is 125 cm³/mol.